The molecule has 202 valence electrons. The number of aromatic nitrogens is 2. The molecule has 4 aliphatic heterocycles. The molecule has 4 fully saturated rings. The van der Waals surface area contributed by atoms with Crippen LogP contribution in [0.1, 0.15) is 19.3 Å². The third-order valence-electron chi connectivity index (χ3n) is 8.70. The minimum atomic E-state index is -0.485. The maximum Gasteiger partial charge on any atom is 0.228 e. The second-order valence-electron chi connectivity index (χ2n) is 11.4. The van der Waals surface area contributed by atoms with Crippen molar-refractivity contribution in [2.75, 3.05) is 50.1 Å². The van der Waals surface area contributed by atoms with Crippen molar-refractivity contribution < 1.29 is 9.50 Å². The number of hydrogen-bond acceptors (Lipinski definition) is 7. The molecule has 2 atom stereocenters. The minimum Gasteiger partial charge on any atom is -0.508 e. The third kappa shape index (κ3) is 4.17. The van der Waals surface area contributed by atoms with Gasteiger partial charge in [-0.25, -0.2) is 9.37 Å². The van der Waals surface area contributed by atoms with Crippen LogP contribution in [0, 0.1) is 5.82 Å². The molecule has 39 heavy (non-hydrogen) atoms. The Morgan fingerprint density at radius 1 is 1.05 bits per heavy atom. The van der Waals surface area contributed by atoms with Crippen molar-refractivity contribution in [1.82, 2.24) is 20.2 Å². The molecule has 0 aliphatic carbocycles. The van der Waals surface area contributed by atoms with E-state index >= 15 is 4.39 Å². The first-order valence-corrected chi connectivity index (χ1v) is 14.1. The van der Waals surface area contributed by atoms with Crippen LogP contribution in [0.3, 0.4) is 0 Å². The summed E-state index contributed by atoms with van der Waals surface area (Å²) in [5.74, 6) is 0.888. The third-order valence-corrected chi connectivity index (χ3v) is 9.00. The second-order valence-corrected chi connectivity index (χ2v) is 11.8. The topological polar surface area (TPSA) is 67.8 Å². The summed E-state index contributed by atoms with van der Waals surface area (Å²) in [7, 11) is 4.15. The Kier molecular flexibility index (Phi) is 6.02. The van der Waals surface area contributed by atoms with Gasteiger partial charge in [0, 0.05) is 55.3 Å². The summed E-state index contributed by atoms with van der Waals surface area (Å²) in [4.78, 5) is 16.6. The van der Waals surface area contributed by atoms with E-state index < -0.39 is 5.82 Å². The van der Waals surface area contributed by atoms with Crippen LogP contribution in [0.25, 0.3) is 32.8 Å². The van der Waals surface area contributed by atoms with Gasteiger partial charge in [-0.2, -0.15) is 4.98 Å². The number of fused-ring (bicyclic) bond motifs is 6. The highest BCUT2D eigenvalue weighted by Gasteiger charge is 2.36. The number of likely N-dealkylation sites (N-methyl/N-ethyl adjacent to an activating group) is 1. The number of phenolic OH excluding ortho intramolecular Hbond substituents is 1. The Morgan fingerprint density at radius 3 is 2.69 bits per heavy atom. The predicted molar refractivity (Wildman–Crippen MR) is 156 cm³/mol. The zero-order valence-electron chi connectivity index (χ0n) is 22.2. The molecule has 5 heterocycles. The van der Waals surface area contributed by atoms with Crippen LogP contribution in [0.2, 0.25) is 5.02 Å². The lowest BCUT2D eigenvalue weighted by Gasteiger charge is -2.43. The fourth-order valence-corrected chi connectivity index (χ4v) is 6.69. The fourth-order valence-electron chi connectivity index (χ4n) is 6.40. The van der Waals surface area contributed by atoms with Crippen LogP contribution in [0.5, 0.6) is 5.75 Å². The van der Waals surface area contributed by atoms with E-state index in [2.05, 4.69) is 34.1 Å². The van der Waals surface area contributed by atoms with Gasteiger partial charge >= 0.3 is 0 Å². The highest BCUT2D eigenvalue weighted by molar-refractivity contribution is 6.35. The van der Waals surface area contributed by atoms with E-state index in [0.717, 1.165) is 62.0 Å². The lowest BCUT2D eigenvalue weighted by atomic mass is 9.96. The summed E-state index contributed by atoms with van der Waals surface area (Å²) in [6.45, 7) is 3.31. The quantitative estimate of drug-likeness (QED) is 0.372. The van der Waals surface area contributed by atoms with Crippen LogP contribution in [-0.2, 0) is 0 Å². The number of halogens is 2. The molecule has 0 amide bonds. The molecule has 0 unspecified atom stereocenters. The van der Waals surface area contributed by atoms with Gasteiger partial charge in [0.2, 0.25) is 5.95 Å². The monoisotopic (exact) mass is 546 g/mol. The Balaban J connectivity index is 1.44. The van der Waals surface area contributed by atoms with E-state index in [0.29, 0.717) is 29.0 Å². The summed E-state index contributed by atoms with van der Waals surface area (Å²) in [5, 5.41) is 16.7. The number of phenols is 1. The second kappa shape index (κ2) is 9.47. The largest absolute Gasteiger partial charge is 0.508 e. The maximum absolute atomic E-state index is 16.7. The summed E-state index contributed by atoms with van der Waals surface area (Å²) >= 11 is 6.89. The molecule has 4 aromatic rings. The maximum atomic E-state index is 16.7. The van der Waals surface area contributed by atoms with Gasteiger partial charge in [0.15, 0.2) is 5.82 Å². The molecule has 3 aromatic carbocycles. The number of benzene rings is 3. The molecule has 7 nitrogen and oxygen atoms in total. The van der Waals surface area contributed by atoms with E-state index in [-0.39, 0.29) is 27.9 Å². The highest BCUT2D eigenvalue weighted by atomic mass is 35.5. The van der Waals surface area contributed by atoms with Crippen LogP contribution in [0.15, 0.2) is 42.5 Å². The SMILES string of the molecule is CN(C)C1CN(c2nc(N3C[C@@H]4CCC[C@H]3CN4)c3cc(Cl)c(-c4cc(O)cc5ccccc45)c(F)c3n2)C1. The van der Waals surface area contributed by atoms with Gasteiger partial charge in [-0.05, 0) is 67.9 Å². The van der Waals surface area contributed by atoms with Crippen LogP contribution >= 0.6 is 11.6 Å². The van der Waals surface area contributed by atoms with Crippen molar-refractivity contribution in [2.45, 2.75) is 37.4 Å². The molecule has 0 spiro atoms. The van der Waals surface area contributed by atoms with Gasteiger partial charge in [-0.3, -0.25) is 0 Å². The Morgan fingerprint density at radius 2 is 1.87 bits per heavy atom. The van der Waals surface area contributed by atoms with Crippen molar-refractivity contribution in [3.8, 4) is 16.9 Å². The summed E-state index contributed by atoms with van der Waals surface area (Å²) in [6.07, 6.45) is 3.36. The summed E-state index contributed by atoms with van der Waals surface area (Å²) < 4.78 is 16.7. The van der Waals surface area contributed by atoms with E-state index in [9.17, 15) is 5.11 Å². The molecule has 2 bridgehead atoms. The number of aromatic hydroxyl groups is 1. The standard InChI is InChI=1S/C30H32ClFN6O/c1-36(2)20-15-37(16-20)30-34-28-24(29(35-30)38-14-18-7-5-8-19(38)13-33-18)12-25(31)26(27(28)32)23-11-21(39)10-17-6-3-4-9-22(17)23/h3-4,6,9-12,18-20,33,39H,5,7-8,13-16H2,1-2H3/t18-,19-/m0/s1. The van der Waals surface area contributed by atoms with Crippen molar-refractivity contribution in [2.24, 2.45) is 0 Å². The molecule has 4 saturated heterocycles. The van der Waals surface area contributed by atoms with Crippen molar-refractivity contribution in [1.29, 1.82) is 0 Å². The van der Waals surface area contributed by atoms with Gasteiger partial charge < -0.3 is 25.1 Å². The average molecular weight is 547 g/mol. The minimum absolute atomic E-state index is 0.0618. The van der Waals surface area contributed by atoms with Crippen LogP contribution in [-0.4, -0.2) is 78.4 Å². The summed E-state index contributed by atoms with van der Waals surface area (Å²) in [5.41, 5.74) is 1.07. The molecular formula is C30H32ClFN6O. The van der Waals surface area contributed by atoms with Crippen LogP contribution < -0.4 is 15.1 Å². The van der Waals surface area contributed by atoms with E-state index in [1.54, 1.807) is 12.1 Å². The molecule has 2 N–H and O–H groups in total. The molecule has 8 rings (SSSR count). The van der Waals surface area contributed by atoms with E-state index in [4.69, 9.17) is 21.6 Å². The molecule has 0 saturated carbocycles. The number of hydrogen-bond donors (Lipinski definition) is 2. The van der Waals surface area contributed by atoms with E-state index in [1.807, 2.05) is 30.3 Å². The Hall–Kier alpha value is -3.20. The molecule has 9 heteroatoms. The number of nitrogens with one attached hydrogen (secondary N) is 1. The van der Waals surface area contributed by atoms with Gasteiger partial charge in [0.25, 0.3) is 0 Å². The zero-order valence-corrected chi connectivity index (χ0v) is 22.9. The van der Waals surface area contributed by atoms with Gasteiger partial charge in [-0.1, -0.05) is 35.9 Å². The number of anilines is 2. The lowest BCUT2D eigenvalue weighted by Crippen LogP contribution is -2.58. The fraction of sp³-hybridized carbons (Fsp3) is 0.400. The van der Waals surface area contributed by atoms with Gasteiger partial charge in [-0.15, -0.1) is 0 Å². The van der Waals surface area contributed by atoms with Crippen molar-refractivity contribution in [3.05, 3.63) is 53.3 Å². The first-order chi connectivity index (χ1) is 18.9. The Labute approximate surface area is 232 Å². The zero-order chi connectivity index (χ0) is 26.8. The Bertz CT molecular complexity index is 1590. The van der Waals surface area contributed by atoms with Gasteiger partial charge in [0.05, 0.1) is 5.02 Å². The van der Waals surface area contributed by atoms with Crippen LogP contribution in [0.4, 0.5) is 16.2 Å². The van der Waals surface area contributed by atoms with Gasteiger partial charge in [0.1, 0.15) is 17.1 Å². The normalized spacial score (nSPS) is 21.7. The lowest BCUT2D eigenvalue weighted by molar-refractivity contribution is 0.245. The number of piperazine rings is 1. The summed E-state index contributed by atoms with van der Waals surface area (Å²) in [6, 6.07) is 13.8. The molecular weight excluding hydrogens is 515 g/mol. The first-order valence-electron chi connectivity index (χ1n) is 13.7. The molecule has 4 aliphatic rings. The van der Waals surface area contributed by atoms with Crippen molar-refractivity contribution >= 4 is 45.0 Å². The number of rotatable bonds is 4. The van der Waals surface area contributed by atoms with Crippen molar-refractivity contribution in [3.63, 3.8) is 0 Å². The first kappa shape index (κ1) is 24.8. The molecule has 0 radical (unpaired) electrons. The average Bonchev–Trinajstić information content (AvgIpc) is 3.23. The smallest absolute Gasteiger partial charge is 0.228 e. The highest BCUT2D eigenvalue weighted by Crippen LogP contribution is 2.43. The number of nitrogens with zero attached hydrogens (tertiary/aromatic N) is 5. The molecule has 1 aromatic heterocycles. The van der Waals surface area contributed by atoms with E-state index in [1.165, 1.54) is 0 Å². The predicted octanol–water partition coefficient (Wildman–Crippen LogP) is 5.03.